The number of halogens is 2. The maximum Gasteiger partial charge on any atom is 0.304 e. The molecule has 12 heavy (non-hydrogen) atoms. The average Bonchev–Trinajstić information content (AvgIpc) is 2.00. The van der Waals surface area contributed by atoms with Gasteiger partial charge in [-0.15, -0.1) is 0 Å². The van der Waals surface area contributed by atoms with Crippen molar-refractivity contribution < 1.29 is 13.7 Å². The molecule has 0 fully saturated rings. The minimum atomic E-state index is -1.33. The van der Waals surface area contributed by atoms with E-state index in [4.69, 9.17) is 7.85 Å². The lowest BCUT2D eigenvalue weighted by molar-refractivity contribution is -0.387. The summed E-state index contributed by atoms with van der Waals surface area (Å²) in [5.41, 5.74) is -1.65. The topological polar surface area (TPSA) is 43.1 Å². The molecule has 0 aliphatic heterocycles. The molecule has 0 heterocycles. The van der Waals surface area contributed by atoms with Gasteiger partial charge in [0.25, 0.3) is 0 Å². The van der Waals surface area contributed by atoms with E-state index in [1.807, 2.05) is 0 Å². The van der Waals surface area contributed by atoms with Crippen LogP contribution in [0.1, 0.15) is 0 Å². The van der Waals surface area contributed by atoms with Crippen LogP contribution in [0, 0.1) is 21.7 Å². The summed E-state index contributed by atoms with van der Waals surface area (Å²) >= 11 is 0. The first kappa shape index (κ1) is 8.64. The van der Waals surface area contributed by atoms with Crippen molar-refractivity contribution in [1.82, 2.24) is 0 Å². The Labute approximate surface area is 67.6 Å². The number of nitrogens with zero attached hydrogens (tertiary/aromatic N) is 1. The fraction of sp³-hybridized carbons (Fsp3) is 0. The van der Waals surface area contributed by atoms with Gasteiger partial charge in [0, 0.05) is 6.07 Å². The van der Waals surface area contributed by atoms with Crippen LogP contribution >= 0.6 is 0 Å². The maximum absolute atomic E-state index is 12.7. The molecular formula is C6H2BF2NO2. The first-order valence-corrected chi connectivity index (χ1v) is 2.92. The highest BCUT2D eigenvalue weighted by Gasteiger charge is 2.17. The predicted molar refractivity (Wildman–Crippen MR) is 38.4 cm³/mol. The van der Waals surface area contributed by atoms with Gasteiger partial charge in [-0.2, -0.15) is 4.39 Å². The second-order valence-corrected chi connectivity index (χ2v) is 2.05. The van der Waals surface area contributed by atoms with Gasteiger partial charge in [0.15, 0.2) is 5.82 Å². The van der Waals surface area contributed by atoms with Crippen LogP contribution in [0.5, 0.6) is 0 Å². The van der Waals surface area contributed by atoms with Crippen molar-refractivity contribution >= 4 is 19.0 Å². The molecule has 6 heteroatoms. The summed E-state index contributed by atoms with van der Waals surface area (Å²) in [6.45, 7) is 0. The summed E-state index contributed by atoms with van der Waals surface area (Å²) < 4.78 is 25.1. The van der Waals surface area contributed by atoms with Gasteiger partial charge in [0.2, 0.25) is 0 Å². The van der Waals surface area contributed by atoms with Gasteiger partial charge in [0.1, 0.15) is 13.7 Å². The third-order valence-corrected chi connectivity index (χ3v) is 1.30. The van der Waals surface area contributed by atoms with E-state index in [0.717, 1.165) is 12.1 Å². The van der Waals surface area contributed by atoms with Crippen molar-refractivity contribution in [3.63, 3.8) is 0 Å². The van der Waals surface area contributed by atoms with Crippen LogP contribution in [0.15, 0.2) is 12.1 Å². The smallest absolute Gasteiger partial charge is 0.258 e. The average molecular weight is 169 g/mol. The predicted octanol–water partition coefficient (Wildman–Crippen LogP) is 0.667. The van der Waals surface area contributed by atoms with Gasteiger partial charge >= 0.3 is 5.69 Å². The van der Waals surface area contributed by atoms with Crippen molar-refractivity contribution in [1.29, 1.82) is 0 Å². The Balaban J connectivity index is 3.36. The standard InChI is InChI=1S/C6H2BF2NO2/c7-5-3(8)1-2-4(6(5)9)10(11)12/h1-2H. The van der Waals surface area contributed by atoms with Crippen LogP contribution in [-0.2, 0) is 0 Å². The molecule has 1 aromatic rings. The highest BCUT2D eigenvalue weighted by Crippen LogP contribution is 2.14. The largest absolute Gasteiger partial charge is 0.304 e. The first-order chi connectivity index (χ1) is 5.54. The van der Waals surface area contributed by atoms with Gasteiger partial charge in [-0.05, 0) is 11.5 Å². The summed E-state index contributed by atoms with van der Waals surface area (Å²) in [5.74, 6) is -2.34. The summed E-state index contributed by atoms with van der Waals surface area (Å²) in [5, 5.41) is 10.1. The van der Waals surface area contributed by atoms with E-state index < -0.39 is 27.7 Å². The number of rotatable bonds is 1. The third-order valence-electron chi connectivity index (χ3n) is 1.30. The van der Waals surface area contributed by atoms with Crippen molar-refractivity contribution in [2.24, 2.45) is 0 Å². The number of nitro groups is 1. The van der Waals surface area contributed by atoms with E-state index in [0.29, 0.717) is 0 Å². The SMILES string of the molecule is [B]c1c(F)ccc([N+](=O)[O-])c1F. The zero-order chi connectivity index (χ0) is 9.30. The lowest BCUT2D eigenvalue weighted by Crippen LogP contribution is -2.15. The maximum atomic E-state index is 12.7. The van der Waals surface area contributed by atoms with Crippen molar-refractivity contribution in [2.45, 2.75) is 0 Å². The second-order valence-electron chi connectivity index (χ2n) is 2.05. The third kappa shape index (κ3) is 1.27. The second kappa shape index (κ2) is 2.88. The molecule has 0 unspecified atom stereocenters. The van der Waals surface area contributed by atoms with Crippen LogP contribution in [0.3, 0.4) is 0 Å². The van der Waals surface area contributed by atoms with Crippen LogP contribution in [0.25, 0.3) is 0 Å². The van der Waals surface area contributed by atoms with Gasteiger partial charge in [0.05, 0.1) is 4.92 Å². The minimum absolute atomic E-state index is 0.723. The highest BCUT2D eigenvalue weighted by atomic mass is 19.1. The molecule has 0 aromatic heterocycles. The number of nitro benzene ring substituents is 1. The molecule has 0 saturated heterocycles. The zero-order valence-corrected chi connectivity index (χ0v) is 5.75. The van der Waals surface area contributed by atoms with E-state index in [9.17, 15) is 18.9 Å². The number of benzene rings is 1. The quantitative estimate of drug-likeness (QED) is 0.352. The molecular weight excluding hydrogens is 167 g/mol. The van der Waals surface area contributed by atoms with Crippen LogP contribution in [0.2, 0.25) is 0 Å². The molecule has 0 aliphatic rings. The molecule has 0 saturated carbocycles. The molecule has 0 atom stereocenters. The fourth-order valence-electron chi connectivity index (χ4n) is 0.699. The summed E-state index contributed by atoms with van der Waals surface area (Å²) in [4.78, 5) is 9.11. The lowest BCUT2D eigenvalue weighted by Gasteiger charge is -1.98. The Kier molecular flexibility index (Phi) is 2.08. The van der Waals surface area contributed by atoms with Crippen LogP contribution < -0.4 is 5.46 Å². The van der Waals surface area contributed by atoms with Crippen LogP contribution in [-0.4, -0.2) is 12.8 Å². The van der Waals surface area contributed by atoms with Crippen molar-refractivity contribution in [3.05, 3.63) is 33.9 Å². The molecule has 1 rings (SSSR count). The molecule has 0 N–H and O–H groups in total. The van der Waals surface area contributed by atoms with Gasteiger partial charge < -0.3 is 0 Å². The zero-order valence-electron chi connectivity index (χ0n) is 5.75. The van der Waals surface area contributed by atoms with E-state index in [1.165, 1.54) is 0 Å². The van der Waals surface area contributed by atoms with Crippen molar-refractivity contribution in [2.75, 3.05) is 0 Å². The first-order valence-electron chi connectivity index (χ1n) is 2.92. The Morgan fingerprint density at radius 1 is 1.42 bits per heavy atom. The summed E-state index contributed by atoms with van der Waals surface area (Å²) in [6, 6.07) is 1.47. The van der Waals surface area contributed by atoms with E-state index >= 15 is 0 Å². The fourth-order valence-corrected chi connectivity index (χ4v) is 0.699. The summed E-state index contributed by atoms with van der Waals surface area (Å²) in [6.07, 6.45) is 0. The Morgan fingerprint density at radius 2 is 2.00 bits per heavy atom. The molecule has 0 amide bonds. The van der Waals surface area contributed by atoms with Gasteiger partial charge in [-0.25, -0.2) is 4.39 Å². The van der Waals surface area contributed by atoms with Crippen molar-refractivity contribution in [3.8, 4) is 0 Å². The molecule has 0 bridgehead atoms. The van der Waals surface area contributed by atoms with Gasteiger partial charge in [-0.3, -0.25) is 10.1 Å². The minimum Gasteiger partial charge on any atom is -0.258 e. The Morgan fingerprint density at radius 3 is 2.50 bits per heavy atom. The molecule has 2 radical (unpaired) electrons. The Bertz CT molecular complexity index is 343. The van der Waals surface area contributed by atoms with E-state index in [-0.39, 0.29) is 0 Å². The molecule has 3 nitrogen and oxygen atoms in total. The molecule has 0 spiro atoms. The molecule has 60 valence electrons. The van der Waals surface area contributed by atoms with E-state index in [2.05, 4.69) is 0 Å². The highest BCUT2D eigenvalue weighted by molar-refractivity contribution is 6.32. The summed E-state index contributed by atoms with van der Waals surface area (Å²) in [7, 11) is 4.87. The van der Waals surface area contributed by atoms with E-state index in [1.54, 1.807) is 0 Å². The monoisotopic (exact) mass is 169 g/mol. The normalized spacial score (nSPS) is 9.83. The number of hydrogen-bond acceptors (Lipinski definition) is 2. The number of hydrogen-bond donors (Lipinski definition) is 0. The molecule has 0 aliphatic carbocycles. The van der Waals surface area contributed by atoms with Crippen LogP contribution in [0.4, 0.5) is 14.5 Å². The molecule has 1 aromatic carbocycles. The Hall–Kier alpha value is -1.46. The van der Waals surface area contributed by atoms with Gasteiger partial charge in [-0.1, -0.05) is 0 Å². The lowest BCUT2D eigenvalue weighted by atomic mass is 9.94.